The second kappa shape index (κ2) is 5.89. The van der Waals surface area contributed by atoms with Crippen LogP contribution >= 0.6 is 15.9 Å². The Kier molecular flexibility index (Phi) is 3.78. The Morgan fingerprint density at radius 1 is 1.15 bits per heavy atom. The van der Waals surface area contributed by atoms with Crippen molar-refractivity contribution in [3.05, 3.63) is 74.6 Å². The van der Waals surface area contributed by atoms with Crippen LogP contribution in [0, 0.1) is 0 Å². The van der Waals surface area contributed by atoms with Crippen LogP contribution in [0.5, 0.6) is 0 Å². The first-order valence-electron chi connectivity index (χ1n) is 7.78. The van der Waals surface area contributed by atoms with Gasteiger partial charge in [-0.2, -0.15) is 0 Å². The Labute approximate surface area is 155 Å². The van der Waals surface area contributed by atoms with Crippen molar-refractivity contribution in [1.82, 2.24) is 0 Å². The molecule has 1 unspecified atom stereocenters. The summed E-state index contributed by atoms with van der Waals surface area (Å²) >= 11 is 3.29. The van der Waals surface area contributed by atoms with Crippen molar-refractivity contribution in [2.45, 2.75) is 12.0 Å². The zero-order chi connectivity index (χ0) is 18.5. The number of halogens is 1. The smallest absolute Gasteiger partial charge is 0.347 e. The molecular formula is C19H12BrNO5. The van der Waals surface area contributed by atoms with E-state index in [4.69, 9.17) is 4.42 Å². The first-order valence-corrected chi connectivity index (χ1v) is 8.58. The van der Waals surface area contributed by atoms with Gasteiger partial charge in [-0.15, -0.1) is 0 Å². The van der Waals surface area contributed by atoms with E-state index in [0.29, 0.717) is 21.1 Å². The predicted octanol–water partition coefficient (Wildman–Crippen LogP) is 2.97. The van der Waals surface area contributed by atoms with Gasteiger partial charge in [0.2, 0.25) is 0 Å². The standard InChI is InChI=1S/C19H12BrNO5/c20-11-5-6-14-13(8-11)19(25,18(24)21-14)9-15(22)12-7-10-3-1-2-4-16(10)26-17(12)23/h1-8,25H,9H2,(H,21,24). The Balaban J connectivity index is 1.75. The zero-order valence-corrected chi connectivity index (χ0v) is 14.9. The quantitative estimate of drug-likeness (QED) is 0.508. The number of ketones is 1. The molecule has 0 saturated heterocycles. The Bertz CT molecular complexity index is 1140. The topological polar surface area (TPSA) is 96.6 Å². The molecule has 0 spiro atoms. The maximum absolute atomic E-state index is 12.7. The summed E-state index contributed by atoms with van der Waals surface area (Å²) < 4.78 is 5.82. The van der Waals surface area contributed by atoms with Gasteiger partial charge in [-0.3, -0.25) is 9.59 Å². The van der Waals surface area contributed by atoms with Crippen LogP contribution in [0.3, 0.4) is 0 Å². The molecule has 1 aliphatic heterocycles. The molecule has 7 heteroatoms. The largest absolute Gasteiger partial charge is 0.422 e. The van der Waals surface area contributed by atoms with Crippen LogP contribution in [0.2, 0.25) is 0 Å². The minimum atomic E-state index is -2.05. The minimum Gasteiger partial charge on any atom is -0.422 e. The van der Waals surface area contributed by atoms with Crippen molar-refractivity contribution in [2.75, 3.05) is 5.32 Å². The average Bonchev–Trinajstić information content (AvgIpc) is 2.85. The fourth-order valence-electron chi connectivity index (χ4n) is 3.08. The third-order valence-electron chi connectivity index (χ3n) is 4.41. The summed E-state index contributed by atoms with van der Waals surface area (Å²) in [5.74, 6) is -1.38. The third-order valence-corrected chi connectivity index (χ3v) is 4.90. The van der Waals surface area contributed by atoms with Crippen LogP contribution in [0.15, 0.2) is 62.2 Å². The van der Waals surface area contributed by atoms with Gasteiger partial charge < -0.3 is 14.8 Å². The van der Waals surface area contributed by atoms with Crippen molar-refractivity contribution in [2.24, 2.45) is 0 Å². The van der Waals surface area contributed by atoms with Gasteiger partial charge >= 0.3 is 5.63 Å². The molecule has 130 valence electrons. The minimum absolute atomic E-state index is 0.201. The van der Waals surface area contributed by atoms with Crippen LogP contribution in [0.1, 0.15) is 22.3 Å². The number of hydrogen-bond donors (Lipinski definition) is 2. The molecule has 2 N–H and O–H groups in total. The highest BCUT2D eigenvalue weighted by Crippen LogP contribution is 2.40. The maximum atomic E-state index is 12.7. The van der Waals surface area contributed by atoms with Crippen LogP contribution in [0.4, 0.5) is 5.69 Å². The fraction of sp³-hybridized carbons (Fsp3) is 0.105. The molecule has 1 aromatic heterocycles. The highest BCUT2D eigenvalue weighted by atomic mass is 79.9. The second-order valence-electron chi connectivity index (χ2n) is 6.09. The number of amides is 1. The number of carbonyl (C=O) groups excluding carboxylic acids is 2. The molecule has 3 aromatic rings. The van der Waals surface area contributed by atoms with Gasteiger partial charge in [0.25, 0.3) is 5.91 Å². The van der Waals surface area contributed by atoms with E-state index in [-0.39, 0.29) is 11.1 Å². The number of fused-ring (bicyclic) bond motifs is 2. The molecule has 2 aromatic carbocycles. The summed E-state index contributed by atoms with van der Waals surface area (Å²) in [6, 6.07) is 13.1. The van der Waals surface area contributed by atoms with Gasteiger partial charge in [0.1, 0.15) is 11.1 Å². The summed E-state index contributed by atoms with van der Waals surface area (Å²) in [4.78, 5) is 37.2. The van der Waals surface area contributed by atoms with Crippen molar-refractivity contribution >= 4 is 44.3 Å². The number of para-hydroxylation sites is 1. The van der Waals surface area contributed by atoms with Crippen molar-refractivity contribution in [3.8, 4) is 0 Å². The zero-order valence-electron chi connectivity index (χ0n) is 13.3. The molecule has 0 bridgehead atoms. The molecule has 6 nitrogen and oxygen atoms in total. The lowest BCUT2D eigenvalue weighted by Gasteiger charge is -2.20. The number of benzene rings is 2. The summed E-state index contributed by atoms with van der Waals surface area (Å²) in [5, 5.41) is 14.0. The van der Waals surface area contributed by atoms with Crippen molar-refractivity contribution < 1.29 is 19.1 Å². The first kappa shape index (κ1) is 16.7. The van der Waals surface area contributed by atoms with E-state index in [2.05, 4.69) is 21.2 Å². The van der Waals surface area contributed by atoms with E-state index in [1.165, 1.54) is 6.07 Å². The van der Waals surface area contributed by atoms with Gasteiger partial charge in [-0.25, -0.2) is 4.79 Å². The lowest BCUT2D eigenvalue weighted by atomic mass is 9.88. The molecule has 0 radical (unpaired) electrons. The molecule has 1 amide bonds. The van der Waals surface area contributed by atoms with Gasteiger partial charge in [-0.05, 0) is 30.3 Å². The lowest BCUT2D eigenvalue weighted by Crippen LogP contribution is -2.37. The van der Waals surface area contributed by atoms with Crippen LogP contribution in [-0.4, -0.2) is 16.8 Å². The molecule has 2 heterocycles. The number of aliphatic hydroxyl groups is 1. The van der Waals surface area contributed by atoms with E-state index in [0.717, 1.165) is 0 Å². The number of nitrogens with one attached hydrogen (secondary N) is 1. The van der Waals surface area contributed by atoms with E-state index in [1.54, 1.807) is 42.5 Å². The molecule has 0 saturated carbocycles. The van der Waals surface area contributed by atoms with E-state index >= 15 is 0 Å². The molecule has 1 aliphatic rings. The number of carbonyl (C=O) groups is 2. The van der Waals surface area contributed by atoms with Gasteiger partial charge in [0.15, 0.2) is 11.4 Å². The van der Waals surface area contributed by atoms with Crippen LogP contribution in [0.25, 0.3) is 11.0 Å². The predicted molar refractivity (Wildman–Crippen MR) is 98.1 cm³/mol. The number of rotatable bonds is 3. The SMILES string of the molecule is O=C(CC1(O)C(=O)Nc2ccc(Br)cc21)c1cc2ccccc2oc1=O. The molecule has 4 rings (SSSR count). The Morgan fingerprint density at radius 2 is 1.92 bits per heavy atom. The summed E-state index contributed by atoms with van der Waals surface area (Å²) in [6.07, 6.45) is -0.564. The summed E-state index contributed by atoms with van der Waals surface area (Å²) in [7, 11) is 0. The highest BCUT2D eigenvalue weighted by molar-refractivity contribution is 9.10. The molecular weight excluding hydrogens is 402 g/mol. The highest BCUT2D eigenvalue weighted by Gasteiger charge is 2.47. The Morgan fingerprint density at radius 3 is 2.73 bits per heavy atom. The average molecular weight is 414 g/mol. The summed E-state index contributed by atoms with van der Waals surface area (Å²) in [6.45, 7) is 0. The van der Waals surface area contributed by atoms with Gasteiger partial charge in [-0.1, -0.05) is 34.1 Å². The van der Waals surface area contributed by atoms with E-state index in [9.17, 15) is 19.5 Å². The monoisotopic (exact) mass is 413 g/mol. The fourth-order valence-corrected chi connectivity index (χ4v) is 3.44. The van der Waals surface area contributed by atoms with Crippen molar-refractivity contribution in [3.63, 3.8) is 0 Å². The third kappa shape index (κ3) is 2.56. The molecule has 0 fully saturated rings. The van der Waals surface area contributed by atoms with Crippen LogP contribution < -0.4 is 10.9 Å². The van der Waals surface area contributed by atoms with Gasteiger partial charge in [0, 0.05) is 21.1 Å². The number of Topliss-reactive ketones (excluding diaryl/α,β-unsaturated/α-hetero) is 1. The van der Waals surface area contributed by atoms with Gasteiger partial charge in [0.05, 0.1) is 6.42 Å². The molecule has 1 atom stereocenters. The van der Waals surface area contributed by atoms with Crippen molar-refractivity contribution in [1.29, 1.82) is 0 Å². The molecule has 26 heavy (non-hydrogen) atoms. The first-order chi connectivity index (χ1) is 12.4. The summed E-state index contributed by atoms with van der Waals surface area (Å²) in [5.41, 5.74) is -1.97. The maximum Gasteiger partial charge on any atom is 0.347 e. The second-order valence-corrected chi connectivity index (χ2v) is 7.01. The van der Waals surface area contributed by atoms with E-state index < -0.39 is 29.3 Å². The normalized spacial score (nSPS) is 18.6. The van der Waals surface area contributed by atoms with E-state index in [1.807, 2.05) is 0 Å². The lowest BCUT2D eigenvalue weighted by molar-refractivity contribution is -0.133. The van der Waals surface area contributed by atoms with Crippen LogP contribution in [-0.2, 0) is 10.4 Å². The molecule has 0 aliphatic carbocycles. The number of hydrogen-bond acceptors (Lipinski definition) is 5. The number of anilines is 1. The Hall–Kier alpha value is -2.77.